The predicted molar refractivity (Wildman–Crippen MR) is 60.0 cm³/mol. The Hall–Kier alpha value is -0.750. The fraction of sp³-hybridized carbons (Fsp3) is 0.700. The summed E-state index contributed by atoms with van der Waals surface area (Å²) in [4.78, 5) is 0. The second-order valence-corrected chi connectivity index (χ2v) is 4.23. The van der Waals surface area contributed by atoms with Gasteiger partial charge in [-0.3, -0.25) is 4.68 Å². The van der Waals surface area contributed by atoms with Crippen LogP contribution in [0.4, 0.5) is 13.2 Å². The zero-order valence-corrected chi connectivity index (χ0v) is 10.5. The maximum absolute atomic E-state index is 11.9. The van der Waals surface area contributed by atoms with Crippen molar-refractivity contribution in [3.63, 3.8) is 0 Å². The molecule has 1 N–H and O–H groups in total. The summed E-state index contributed by atoms with van der Waals surface area (Å²) < 4.78 is 37.2. The van der Waals surface area contributed by atoms with Gasteiger partial charge < -0.3 is 5.32 Å². The van der Waals surface area contributed by atoms with Crippen molar-refractivity contribution < 1.29 is 13.2 Å². The summed E-state index contributed by atoms with van der Waals surface area (Å²) in [6.45, 7) is 2.57. The lowest BCUT2D eigenvalue weighted by atomic mass is 10.2. The van der Waals surface area contributed by atoms with Gasteiger partial charge in [0.25, 0.3) is 0 Å². The summed E-state index contributed by atoms with van der Waals surface area (Å²) in [7, 11) is 1.72. The molecule has 1 heterocycles. The van der Waals surface area contributed by atoms with Crippen LogP contribution in [-0.2, 0) is 13.6 Å². The van der Waals surface area contributed by atoms with Gasteiger partial charge in [0.05, 0.1) is 5.69 Å². The molecule has 0 saturated heterocycles. The van der Waals surface area contributed by atoms with Crippen molar-refractivity contribution in [1.29, 1.82) is 0 Å². The summed E-state index contributed by atoms with van der Waals surface area (Å²) in [5, 5.41) is 7.56. The molecule has 3 nitrogen and oxygen atoms in total. The lowest BCUT2D eigenvalue weighted by molar-refractivity contribution is -0.135. The first-order valence-corrected chi connectivity index (χ1v) is 5.64. The Morgan fingerprint density at radius 3 is 2.53 bits per heavy atom. The highest BCUT2D eigenvalue weighted by molar-refractivity contribution is 6.30. The van der Waals surface area contributed by atoms with Crippen LogP contribution in [-0.4, -0.2) is 22.5 Å². The summed E-state index contributed by atoms with van der Waals surface area (Å²) in [5.41, 5.74) is 1.63. The first-order chi connectivity index (χ1) is 7.81. The van der Waals surface area contributed by atoms with Crippen molar-refractivity contribution >= 4 is 11.6 Å². The summed E-state index contributed by atoms with van der Waals surface area (Å²) in [6, 6.07) is 0. The normalized spacial score (nSPS) is 12.1. The first-order valence-electron chi connectivity index (χ1n) is 5.26. The average molecular weight is 270 g/mol. The predicted octanol–water partition coefficient (Wildman–Crippen LogP) is 2.81. The van der Waals surface area contributed by atoms with E-state index in [0.717, 1.165) is 11.3 Å². The molecule has 17 heavy (non-hydrogen) atoms. The number of rotatable bonds is 5. The number of hydrogen-bond donors (Lipinski definition) is 1. The van der Waals surface area contributed by atoms with Gasteiger partial charge in [0.2, 0.25) is 0 Å². The molecule has 1 rings (SSSR count). The molecule has 0 radical (unpaired) electrons. The van der Waals surface area contributed by atoms with E-state index in [-0.39, 0.29) is 6.42 Å². The number of halogens is 4. The fourth-order valence-electron chi connectivity index (χ4n) is 1.50. The van der Waals surface area contributed by atoms with Gasteiger partial charge in [-0.1, -0.05) is 11.6 Å². The number of nitrogens with one attached hydrogen (secondary N) is 1. The number of hydrogen-bond acceptors (Lipinski definition) is 2. The van der Waals surface area contributed by atoms with Gasteiger partial charge >= 0.3 is 6.18 Å². The van der Waals surface area contributed by atoms with E-state index in [1.807, 2.05) is 6.92 Å². The van der Waals surface area contributed by atoms with Crippen LogP contribution in [0.1, 0.15) is 24.1 Å². The standard InChI is InChI=1S/C10H15ClF3N3/c1-7-8(9(11)17(2)16-7)6-15-5-3-4-10(12,13)14/h15H,3-6H2,1-2H3. The minimum absolute atomic E-state index is 0.0699. The highest BCUT2D eigenvalue weighted by atomic mass is 35.5. The van der Waals surface area contributed by atoms with E-state index in [1.165, 1.54) is 0 Å². The van der Waals surface area contributed by atoms with Crippen LogP contribution in [0.25, 0.3) is 0 Å². The molecule has 0 aliphatic rings. The minimum Gasteiger partial charge on any atom is -0.312 e. The third-order valence-electron chi connectivity index (χ3n) is 2.39. The van der Waals surface area contributed by atoms with E-state index in [2.05, 4.69) is 10.4 Å². The van der Waals surface area contributed by atoms with Gasteiger partial charge in [-0.05, 0) is 19.9 Å². The average Bonchev–Trinajstić information content (AvgIpc) is 2.42. The Labute approximate surface area is 103 Å². The zero-order valence-electron chi connectivity index (χ0n) is 9.73. The van der Waals surface area contributed by atoms with Crippen molar-refractivity contribution in [2.75, 3.05) is 6.54 Å². The first kappa shape index (κ1) is 14.3. The SMILES string of the molecule is Cc1nn(C)c(Cl)c1CNCCCC(F)(F)F. The third-order valence-corrected chi connectivity index (χ3v) is 2.86. The van der Waals surface area contributed by atoms with Gasteiger partial charge in [0.1, 0.15) is 5.15 Å². The smallest absolute Gasteiger partial charge is 0.312 e. The molecule has 98 valence electrons. The molecule has 1 aromatic heterocycles. The molecule has 0 saturated carbocycles. The largest absolute Gasteiger partial charge is 0.389 e. The van der Waals surface area contributed by atoms with E-state index >= 15 is 0 Å². The van der Waals surface area contributed by atoms with Crippen molar-refractivity contribution in [2.45, 2.75) is 32.5 Å². The minimum atomic E-state index is -4.08. The van der Waals surface area contributed by atoms with E-state index in [4.69, 9.17) is 11.6 Å². The maximum atomic E-state index is 11.9. The van der Waals surface area contributed by atoms with Crippen LogP contribution in [0.15, 0.2) is 0 Å². The quantitative estimate of drug-likeness (QED) is 0.833. The maximum Gasteiger partial charge on any atom is 0.389 e. The van der Waals surface area contributed by atoms with Gasteiger partial charge in [-0.2, -0.15) is 18.3 Å². The van der Waals surface area contributed by atoms with Crippen LogP contribution in [0.2, 0.25) is 5.15 Å². The molecule has 0 spiro atoms. The number of nitrogens with zero attached hydrogens (tertiary/aromatic N) is 2. The monoisotopic (exact) mass is 269 g/mol. The molecule has 0 aliphatic carbocycles. The Kier molecular flexibility index (Phi) is 4.82. The molecule has 0 atom stereocenters. The number of aryl methyl sites for hydroxylation is 2. The van der Waals surface area contributed by atoms with E-state index in [1.54, 1.807) is 11.7 Å². The Morgan fingerprint density at radius 1 is 1.41 bits per heavy atom. The van der Waals surface area contributed by atoms with Crippen molar-refractivity contribution in [1.82, 2.24) is 15.1 Å². The second-order valence-electron chi connectivity index (χ2n) is 3.87. The highest BCUT2D eigenvalue weighted by Crippen LogP contribution is 2.21. The molecule has 0 aliphatic heterocycles. The molecular weight excluding hydrogens is 255 g/mol. The van der Waals surface area contributed by atoms with Crippen LogP contribution in [0.3, 0.4) is 0 Å². The molecule has 0 bridgehead atoms. The second kappa shape index (κ2) is 5.73. The lowest BCUT2D eigenvalue weighted by Gasteiger charge is -2.07. The van der Waals surface area contributed by atoms with Crippen molar-refractivity contribution in [2.24, 2.45) is 7.05 Å². The molecular formula is C10H15ClF3N3. The fourth-order valence-corrected chi connectivity index (χ4v) is 1.74. The van der Waals surface area contributed by atoms with Crippen molar-refractivity contribution in [3.05, 3.63) is 16.4 Å². The van der Waals surface area contributed by atoms with Gasteiger partial charge in [-0.15, -0.1) is 0 Å². The molecule has 0 fully saturated rings. The molecule has 0 unspecified atom stereocenters. The summed E-state index contributed by atoms with van der Waals surface area (Å²) in [6.07, 6.45) is -4.77. The van der Waals surface area contributed by atoms with Gasteiger partial charge in [-0.25, -0.2) is 0 Å². The van der Waals surface area contributed by atoms with E-state index < -0.39 is 12.6 Å². The Morgan fingerprint density at radius 2 is 2.06 bits per heavy atom. The zero-order chi connectivity index (χ0) is 13.1. The van der Waals surface area contributed by atoms with Crippen LogP contribution < -0.4 is 5.32 Å². The highest BCUT2D eigenvalue weighted by Gasteiger charge is 2.25. The molecule has 7 heteroatoms. The number of alkyl halides is 3. The van der Waals surface area contributed by atoms with E-state index in [0.29, 0.717) is 18.2 Å². The topological polar surface area (TPSA) is 29.9 Å². The number of aromatic nitrogens is 2. The summed E-state index contributed by atoms with van der Waals surface area (Å²) in [5.74, 6) is 0. The summed E-state index contributed by atoms with van der Waals surface area (Å²) >= 11 is 5.98. The Balaban J connectivity index is 2.32. The van der Waals surface area contributed by atoms with Crippen LogP contribution in [0, 0.1) is 6.92 Å². The third kappa shape index (κ3) is 4.55. The molecule has 0 amide bonds. The van der Waals surface area contributed by atoms with Crippen LogP contribution in [0.5, 0.6) is 0 Å². The van der Waals surface area contributed by atoms with Crippen LogP contribution >= 0.6 is 11.6 Å². The molecule has 0 aromatic carbocycles. The Bertz CT molecular complexity index is 374. The van der Waals surface area contributed by atoms with Crippen molar-refractivity contribution in [3.8, 4) is 0 Å². The van der Waals surface area contributed by atoms with Gasteiger partial charge in [0, 0.05) is 25.6 Å². The molecule has 1 aromatic rings. The lowest BCUT2D eigenvalue weighted by Crippen LogP contribution is -2.18. The van der Waals surface area contributed by atoms with Gasteiger partial charge in [0.15, 0.2) is 0 Å². The van der Waals surface area contributed by atoms with E-state index in [9.17, 15) is 13.2 Å².